The maximum Gasteiger partial charge on any atom is 0.251 e. The fourth-order valence-electron chi connectivity index (χ4n) is 3.28. The van der Waals surface area contributed by atoms with Crippen molar-refractivity contribution in [3.8, 4) is 0 Å². The van der Waals surface area contributed by atoms with E-state index in [9.17, 15) is 18.0 Å². The Morgan fingerprint density at radius 1 is 0.963 bits per heavy atom. The number of sulfonamides is 1. The van der Waals surface area contributed by atoms with Gasteiger partial charge in [-0.1, -0.05) is 0 Å². The van der Waals surface area contributed by atoms with Gasteiger partial charge in [-0.15, -0.1) is 0 Å². The zero-order valence-corrected chi connectivity index (χ0v) is 16.4. The molecular formula is C18H26N4O4S. The highest BCUT2D eigenvalue weighted by Gasteiger charge is 2.27. The molecular weight excluding hydrogens is 368 g/mol. The molecule has 1 N–H and O–H groups in total. The Labute approximate surface area is 160 Å². The van der Waals surface area contributed by atoms with Crippen LogP contribution in [0.4, 0.5) is 0 Å². The number of carbonyl (C=O) groups excluding carboxylic acids is 2. The molecule has 0 bridgehead atoms. The molecule has 0 atom stereocenters. The summed E-state index contributed by atoms with van der Waals surface area (Å²) < 4.78 is 26.5. The van der Waals surface area contributed by atoms with Crippen LogP contribution in [-0.4, -0.2) is 87.2 Å². The number of benzene rings is 1. The van der Waals surface area contributed by atoms with Crippen LogP contribution in [0.25, 0.3) is 0 Å². The van der Waals surface area contributed by atoms with Gasteiger partial charge in [-0.25, -0.2) is 8.42 Å². The van der Waals surface area contributed by atoms with Crippen molar-refractivity contribution >= 4 is 21.8 Å². The van der Waals surface area contributed by atoms with Gasteiger partial charge in [0.2, 0.25) is 15.9 Å². The summed E-state index contributed by atoms with van der Waals surface area (Å²) in [5.74, 6) is -0.493. The number of carbonyl (C=O) groups is 2. The number of rotatable bonds is 5. The Hall–Kier alpha value is -1.97. The lowest BCUT2D eigenvalue weighted by molar-refractivity contribution is -0.131. The normalized spacial score (nSPS) is 19.2. The van der Waals surface area contributed by atoms with Crippen LogP contribution in [0.1, 0.15) is 23.2 Å². The van der Waals surface area contributed by atoms with Gasteiger partial charge < -0.3 is 15.1 Å². The molecule has 148 valence electrons. The maximum atomic E-state index is 12.5. The zero-order valence-electron chi connectivity index (χ0n) is 15.6. The predicted molar refractivity (Wildman–Crippen MR) is 101 cm³/mol. The van der Waals surface area contributed by atoms with Gasteiger partial charge in [-0.2, -0.15) is 4.31 Å². The van der Waals surface area contributed by atoms with Gasteiger partial charge in [0.25, 0.3) is 5.91 Å². The van der Waals surface area contributed by atoms with Crippen LogP contribution in [0, 0.1) is 0 Å². The predicted octanol–water partition coefficient (Wildman–Crippen LogP) is -0.0251. The number of nitrogens with zero attached hydrogens (tertiary/aromatic N) is 3. The zero-order chi connectivity index (χ0) is 19.4. The first-order valence-corrected chi connectivity index (χ1v) is 10.7. The molecule has 2 saturated heterocycles. The molecule has 2 aliphatic rings. The van der Waals surface area contributed by atoms with E-state index in [0.29, 0.717) is 31.7 Å². The van der Waals surface area contributed by atoms with E-state index in [1.807, 2.05) is 7.05 Å². The maximum absolute atomic E-state index is 12.5. The molecule has 8 nitrogen and oxygen atoms in total. The van der Waals surface area contributed by atoms with E-state index in [0.717, 1.165) is 25.9 Å². The van der Waals surface area contributed by atoms with Crippen LogP contribution in [0.5, 0.6) is 0 Å². The molecule has 0 radical (unpaired) electrons. The average Bonchev–Trinajstić information content (AvgIpc) is 3.22. The van der Waals surface area contributed by atoms with Gasteiger partial charge >= 0.3 is 0 Å². The van der Waals surface area contributed by atoms with Crippen molar-refractivity contribution in [2.75, 3.05) is 52.9 Å². The third-order valence-corrected chi connectivity index (χ3v) is 6.99. The number of piperazine rings is 1. The Morgan fingerprint density at radius 3 is 2.15 bits per heavy atom. The highest BCUT2D eigenvalue weighted by molar-refractivity contribution is 7.89. The molecule has 2 fully saturated rings. The Kier molecular flexibility index (Phi) is 6.13. The number of amides is 2. The van der Waals surface area contributed by atoms with E-state index in [1.165, 1.54) is 28.6 Å². The van der Waals surface area contributed by atoms with Crippen molar-refractivity contribution in [2.24, 2.45) is 0 Å². The molecule has 2 amide bonds. The van der Waals surface area contributed by atoms with Crippen molar-refractivity contribution in [3.63, 3.8) is 0 Å². The quantitative estimate of drug-likeness (QED) is 0.758. The summed E-state index contributed by atoms with van der Waals surface area (Å²) in [6.07, 6.45) is 1.75. The lowest BCUT2D eigenvalue weighted by Crippen LogP contribution is -2.50. The number of nitrogens with one attached hydrogen (secondary N) is 1. The third-order valence-electron chi connectivity index (χ3n) is 5.08. The van der Waals surface area contributed by atoms with Crippen molar-refractivity contribution in [3.05, 3.63) is 29.8 Å². The van der Waals surface area contributed by atoms with Crippen LogP contribution < -0.4 is 5.32 Å². The third kappa shape index (κ3) is 4.66. The SMILES string of the molecule is CN1CCN(C(=O)CNC(=O)c2ccc(S(=O)(=O)N3CCCC3)cc2)CC1. The first-order valence-electron chi connectivity index (χ1n) is 9.22. The molecule has 1 aromatic carbocycles. The fraction of sp³-hybridized carbons (Fsp3) is 0.556. The van der Waals surface area contributed by atoms with Crippen molar-refractivity contribution in [1.82, 2.24) is 19.4 Å². The van der Waals surface area contributed by atoms with Crippen LogP contribution >= 0.6 is 0 Å². The molecule has 9 heteroatoms. The Balaban J connectivity index is 1.55. The number of likely N-dealkylation sites (N-methyl/N-ethyl adjacent to an activating group) is 1. The van der Waals surface area contributed by atoms with E-state index < -0.39 is 10.0 Å². The summed E-state index contributed by atoms with van der Waals surface area (Å²) in [4.78, 5) is 28.5. The topological polar surface area (TPSA) is 90.0 Å². The number of hydrogen-bond donors (Lipinski definition) is 1. The fourth-order valence-corrected chi connectivity index (χ4v) is 4.80. The Morgan fingerprint density at radius 2 is 1.56 bits per heavy atom. The van der Waals surface area contributed by atoms with Gasteiger partial charge in [-0.05, 0) is 44.2 Å². The Bertz CT molecular complexity index is 780. The second kappa shape index (κ2) is 8.37. The van der Waals surface area contributed by atoms with Crippen LogP contribution in [0.15, 0.2) is 29.2 Å². The molecule has 0 spiro atoms. The van der Waals surface area contributed by atoms with E-state index in [-0.39, 0.29) is 23.3 Å². The van der Waals surface area contributed by atoms with Crippen molar-refractivity contribution in [1.29, 1.82) is 0 Å². The molecule has 0 saturated carbocycles. The lowest BCUT2D eigenvalue weighted by atomic mass is 10.2. The molecule has 27 heavy (non-hydrogen) atoms. The smallest absolute Gasteiger partial charge is 0.251 e. The summed E-state index contributed by atoms with van der Waals surface area (Å²) in [6.45, 7) is 4.00. The lowest BCUT2D eigenvalue weighted by Gasteiger charge is -2.32. The van der Waals surface area contributed by atoms with Crippen LogP contribution in [-0.2, 0) is 14.8 Å². The van der Waals surface area contributed by atoms with Gasteiger partial charge in [0.15, 0.2) is 0 Å². The molecule has 0 aromatic heterocycles. The van der Waals surface area contributed by atoms with Gasteiger partial charge in [-0.3, -0.25) is 9.59 Å². The summed E-state index contributed by atoms with van der Waals surface area (Å²) in [5, 5.41) is 2.62. The summed E-state index contributed by atoms with van der Waals surface area (Å²) in [5.41, 5.74) is 0.335. The monoisotopic (exact) mass is 394 g/mol. The molecule has 2 aliphatic heterocycles. The highest BCUT2D eigenvalue weighted by atomic mass is 32.2. The van der Waals surface area contributed by atoms with Gasteiger partial charge in [0.1, 0.15) is 0 Å². The minimum absolute atomic E-state index is 0.0592. The summed E-state index contributed by atoms with van der Waals surface area (Å²) in [7, 11) is -1.48. The van der Waals surface area contributed by atoms with Crippen molar-refractivity contribution in [2.45, 2.75) is 17.7 Å². The highest BCUT2D eigenvalue weighted by Crippen LogP contribution is 2.21. The molecule has 0 unspecified atom stereocenters. The molecule has 3 rings (SSSR count). The van der Waals surface area contributed by atoms with Crippen LogP contribution in [0.2, 0.25) is 0 Å². The van der Waals surface area contributed by atoms with Crippen LogP contribution in [0.3, 0.4) is 0 Å². The molecule has 1 aromatic rings. The minimum Gasteiger partial charge on any atom is -0.343 e. The standard InChI is InChI=1S/C18H26N4O4S/c1-20-10-12-21(13-11-20)17(23)14-19-18(24)15-4-6-16(7-5-15)27(25,26)22-8-2-3-9-22/h4-7H,2-3,8-14H2,1H3,(H,19,24). The van der Waals surface area contributed by atoms with E-state index in [2.05, 4.69) is 10.2 Å². The molecule has 0 aliphatic carbocycles. The van der Waals surface area contributed by atoms with Crippen molar-refractivity contribution < 1.29 is 18.0 Å². The number of hydrogen-bond acceptors (Lipinski definition) is 5. The van der Waals surface area contributed by atoms with Gasteiger partial charge in [0, 0.05) is 44.8 Å². The second-order valence-corrected chi connectivity index (χ2v) is 8.94. The van der Waals surface area contributed by atoms with Gasteiger partial charge in [0.05, 0.1) is 11.4 Å². The average molecular weight is 394 g/mol. The minimum atomic E-state index is -3.49. The van der Waals surface area contributed by atoms with E-state index >= 15 is 0 Å². The largest absolute Gasteiger partial charge is 0.343 e. The van der Waals surface area contributed by atoms with E-state index in [4.69, 9.17) is 0 Å². The first-order chi connectivity index (χ1) is 12.9. The molecule has 2 heterocycles. The summed E-state index contributed by atoms with van der Waals surface area (Å²) >= 11 is 0. The van der Waals surface area contributed by atoms with E-state index in [1.54, 1.807) is 4.90 Å². The summed E-state index contributed by atoms with van der Waals surface area (Å²) in [6, 6.07) is 5.87. The second-order valence-electron chi connectivity index (χ2n) is 7.00. The first kappa shape index (κ1) is 19.8.